The maximum absolute atomic E-state index is 12.8. The standard InChI is InChI=1S/C22H24N2O6S/c1-5-29-21(26)18-17(11-30-20(25)16-10-12(2)31-13(16)3)23-22(27)24-19(18)14-6-8-15(28-4)9-7-14/h6-10,19H,5,11H2,1-4H3,(H2,23,24,27). The van der Waals surface area contributed by atoms with Crippen molar-refractivity contribution in [2.24, 2.45) is 0 Å². The first-order valence-electron chi connectivity index (χ1n) is 9.69. The number of aryl methyl sites for hydroxylation is 2. The summed E-state index contributed by atoms with van der Waals surface area (Å²) < 4.78 is 15.8. The van der Waals surface area contributed by atoms with Crippen molar-refractivity contribution < 1.29 is 28.6 Å². The van der Waals surface area contributed by atoms with Gasteiger partial charge in [-0.1, -0.05) is 12.1 Å². The second kappa shape index (κ2) is 9.65. The number of nitrogens with one attached hydrogen (secondary N) is 2. The normalized spacial score (nSPS) is 15.7. The Kier molecular flexibility index (Phi) is 6.96. The van der Waals surface area contributed by atoms with Gasteiger partial charge in [0.15, 0.2) is 0 Å². The Morgan fingerprint density at radius 3 is 2.39 bits per heavy atom. The fourth-order valence-corrected chi connectivity index (χ4v) is 4.19. The van der Waals surface area contributed by atoms with Crippen LogP contribution in [-0.4, -0.2) is 38.3 Å². The molecule has 2 heterocycles. The second-order valence-electron chi connectivity index (χ2n) is 6.82. The molecule has 0 saturated heterocycles. The molecular weight excluding hydrogens is 420 g/mol. The molecule has 2 aromatic rings. The summed E-state index contributed by atoms with van der Waals surface area (Å²) in [5.41, 5.74) is 1.48. The zero-order valence-electron chi connectivity index (χ0n) is 17.7. The van der Waals surface area contributed by atoms with Gasteiger partial charge in [0.1, 0.15) is 12.4 Å². The number of ether oxygens (including phenoxy) is 3. The molecule has 1 aliphatic rings. The molecule has 8 nitrogen and oxygen atoms in total. The summed E-state index contributed by atoms with van der Waals surface area (Å²) in [6, 6.07) is 7.43. The topological polar surface area (TPSA) is 103 Å². The highest BCUT2D eigenvalue weighted by Gasteiger charge is 2.34. The number of urea groups is 1. The van der Waals surface area contributed by atoms with E-state index < -0.39 is 24.0 Å². The second-order valence-corrected chi connectivity index (χ2v) is 8.28. The van der Waals surface area contributed by atoms with Gasteiger partial charge in [-0.25, -0.2) is 14.4 Å². The quantitative estimate of drug-likeness (QED) is 0.635. The van der Waals surface area contributed by atoms with E-state index in [1.54, 1.807) is 44.4 Å². The maximum Gasteiger partial charge on any atom is 0.339 e. The third kappa shape index (κ3) is 5.05. The van der Waals surface area contributed by atoms with Gasteiger partial charge < -0.3 is 24.8 Å². The summed E-state index contributed by atoms with van der Waals surface area (Å²) in [5.74, 6) is -0.489. The first-order valence-corrected chi connectivity index (χ1v) is 10.5. The van der Waals surface area contributed by atoms with Gasteiger partial charge in [-0.15, -0.1) is 11.3 Å². The predicted molar refractivity (Wildman–Crippen MR) is 115 cm³/mol. The highest BCUT2D eigenvalue weighted by molar-refractivity contribution is 7.12. The van der Waals surface area contributed by atoms with Gasteiger partial charge in [-0.3, -0.25) is 0 Å². The van der Waals surface area contributed by atoms with Gasteiger partial charge in [0.05, 0.1) is 36.6 Å². The molecule has 2 N–H and O–H groups in total. The Bertz CT molecular complexity index is 1030. The minimum atomic E-state index is -0.766. The smallest absolute Gasteiger partial charge is 0.339 e. The minimum absolute atomic E-state index is 0.159. The number of esters is 2. The number of rotatable bonds is 7. The van der Waals surface area contributed by atoms with Crippen LogP contribution >= 0.6 is 11.3 Å². The molecule has 31 heavy (non-hydrogen) atoms. The summed E-state index contributed by atoms with van der Waals surface area (Å²) in [6.45, 7) is 5.32. The molecule has 1 aliphatic heterocycles. The molecule has 0 radical (unpaired) electrons. The highest BCUT2D eigenvalue weighted by atomic mass is 32.1. The number of carbonyl (C=O) groups is 3. The molecule has 2 amide bonds. The molecule has 9 heteroatoms. The molecule has 0 aliphatic carbocycles. The van der Waals surface area contributed by atoms with Crippen LogP contribution in [-0.2, 0) is 14.3 Å². The van der Waals surface area contributed by atoms with Crippen LogP contribution in [0.15, 0.2) is 41.6 Å². The Labute approximate surface area is 184 Å². The van der Waals surface area contributed by atoms with Gasteiger partial charge in [-0.05, 0) is 44.5 Å². The van der Waals surface area contributed by atoms with Crippen molar-refractivity contribution in [1.29, 1.82) is 0 Å². The molecule has 1 aromatic carbocycles. The van der Waals surface area contributed by atoms with Crippen molar-refractivity contribution in [2.75, 3.05) is 20.3 Å². The zero-order valence-corrected chi connectivity index (χ0v) is 18.6. The van der Waals surface area contributed by atoms with E-state index in [9.17, 15) is 14.4 Å². The molecule has 0 bridgehead atoms. The van der Waals surface area contributed by atoms with Crippen LogP contribution in [0.5, 0.6) is 5.75 Å². The van der Waals surface area contributed by atoms with Gasteiger partial charge in [0.25, 0.3) is 0 Å². The first kappa shape index (κ1) is 22.4. The number of methoxy groups -OCH3 is 1. The fraction of sp³-hybridized carbons (Fsp3) is 0.318. The SMILES string of the molecule is CCOC(=O)C1=C(COC(=O)c2cc(C)sc2C)NC(=O)NC1c1ccc(OC)cc1. The van der Waals surface area contributed by atoms with E-state index in [-0.39, 0.29) is 24.5 Å². The maximum atomic E-state index is 12.8. The van der Waals surface area contributed by atoms with E-state index >= 15 is 0 Å². The van der Waals surface area contributed by atoms with E-state index in [2.05, 4.69) is 10.6 Å². The summed E-state index contributed by atoms with van der Waals surface area (Å²) in [6.07, 6.45) is 0. The Morgan fingerprint density at radius 1 is 1.10 bits per heavy atom. The molecule has 1 aromatic heterocycles. The van der Waals surface area contributed by atoms with Crippen LogP contribution < -0.4 is 15.4 Å². The van der Waals surface area contributed by atoms with Gasteiger partial charge >= 0.3 is 18.0 Å². The van der Waals surface area contributed by atoms with Crippen LogP contribution in [0.4, 0.5) is 4.79 Å². The lowest BCUT2D eigenvalue weighted by Crippen LogP contribution is -2.47. The largest absolute Gasteiger partial charge is 0.497 e. The summed E-state index contributed by atoms with van der Waals surface area (Å²) in [7, 11) is 1.55. The lowest BCUT2D eigenvalue weighted by Gasteiger charge is -2.29. The third-order valence-corrected chi connectivity index (χ3v) is 5.67. The fourth-order valence-electron chi connectivity index (χ4n) is 3.28. The van der Waals surface area contributed by atoms with E-state index in [1.807, 2.05) is 13.8 Å². The van der Waals surface area contributed by atoms with Crippen molar-refractivity contribution in [1.82, 2.24) is 10.6 Å². The molecule has 0 spiro atoms. The number of hydrogen-bond acceptors (Lipinski definition) is 7. The predicted octanol–water partition coefficient (Wildman–Crippen LogP) is 3.40. The Balaban J connectivity index is 1.93. The number of carbonyl (C=O) groups excluding carboxylic acids is 3. The molecule has 1 unspecified atom stereocenters. The van der Waals surface area contributed by atoms with E-state index in [4.69, 9.17) is 14.2 Å². The average Bonchev–Trinajstić information content (AvgIpc) is 3.09. The highest BCUT2D eigenvalue weighted by Crippen LogP contribution is 2.29. The van der Waals surface area contributed by atoms with Crippen molar-refractivity contribution in [3.63, 3.8) is 0 Å². The van der Waals surface area contributed by atoms with E-state index in [0.717, 1.165) is 9.75 Å². The van der Waals surface area contributed by atoms with Gasteiger partial charge in [0, 0.05) is 9.75 Å². The number of thiophene rings is 1. The van der Waals surface area contributed by atoms with Crippen molar-refractivity contribution in [3.8, 4) is 5.75 Å². The van der Waals surface area contributed by atoms with E-state index in [0.29, 0.717) is 16.9 Å². The average molecular weight is 445 g/mol. The van der Waals surface area contributed by atoms with Gasteiger partial charge in [-0.2, -0.15) is 0 Å². The van der Waals surface area contributed by atoms with Crippen LogP contribution in [0, 0.1) is 13.8 Å². The first-order chi connectivity index (χ1) is 14.8. The lowest BCUT2D eigenvalue weighted by molar-refractivity contribution is -0.139. The van der Waals surface area contributed by atoms with Crippen molar-refractivity contribution in [2.45, 2.75) is 26.8 Å². The lowest BCUT2D eigenvalue weighted by atomic mass is 9.95. The van der Waals surface area contributed by atoms with Crippen LogP contribution in [0.1, 0.15) is 38.6 Å². The Morgan fingerprint density at radius 2 is 1.81 bits per heavy atom. The molecule has 0 saturated carbocycles. The molecule has 1 atom stereocenters. The summed E-state index contributed by atoms with van der Waals surface area (Å²) in [4.78, 5) is 39.4. The van der Waals surface area contributed by atoms with Crippen LogP contribution in [0.2, 0.25) is 0 Å². The number of amides is 2. The molecular formula is C22H24N2O6S. The molecule has 164 valence electrons. The molecule has 0 fully saturated rings. The monoisotopic (exact) mass is 444 g/mol. The number of hydrogen-bond donors (Lipinski definition) is 2. The third-order valence-electron chi connectivity index (χ3n) is 4.71. The van der Waals surface area contributed by atoms with Crippen LogP contribution in [0.25, 0.3) is 0 Å². The number of benzene rings is 1. The molecule has 3 rings (SSSR count). The Hall–Kier alpha value is -3.33. The summed E-state index contributed by atoms with van der Waals surface area (Å²) in [5, 5.41) is 5.32. The van der Waals surface area contributed by atoms with Crippen LogP contribution in [0.3, 0.4) is 0 Å². The van der Waals surface area contributed by atoms with E-state index in [1.165, 1.54) is 11.3 Å². The van der Waals surface area contributed by atoms with Crippen molar-refractivity contribution in [3.05, 3.63) is 62.5 Å². The minimum Gasteiger partial charge on any atom is -0.497 e. The zero-order chi connectivity index (χ0) is 22.5. The van der Waals surface area contributed by atoms with Crippen molar-refractivity contribution >= 4 is 29.3 Å². The summed E-state index contributed by atoms with van der Waals surface area (Å²) >= 11 is 1.50. The van der Waals surface area contributed by atoms with Gasteiger partial charge in [0.2, 0.25) is 0 Å².